The highest BCUT2D eigenvalue weighted by Crippen LogP contribution is 2.34. The fourth-order valence-corrected chi connectivity index (χ4v) is 3.29. The summed E-state index contributed by atoms with van der Waals surface area (Å²) in [6.07, 6.45) is 0.544. The molecule has 1 atom stereocenters. The maximum Gasteiger partial charge on any atom is 0.224 e. The van der Waals surface area contributed by atoms with E-state index in [1.165, 1.54) is 0 Å². The normalized spacial score (nSPS) is 13.6. The average Bonchev–Trinajstić information content (AvgIpc) is 2.72. The van der Waals surface area contributed by atoms with Crippen molar-refractivity contribution in [1.82, 2.24) is 10.6 Å². The molecular weight excluding hydrogens is 368 g/mol. The van der Waals surface area contributed by atoms with E-state index in [0.29, 0.717) is 31.9 Å². The lowest BCUT2D eigenvalue weighted by atomic mass is 9.95. The summed E-state index contributed by atoms with van der Waals surface area (Å²) in [4.78, 5) is 24.5. The van der Waals surface area contributed by atoms with Gasteiger partial charge in [0.1, 0.15) is 13.2 Å². The van der Waals surface area contributed by atoms with Crippen LogP contribution in [0.3, 0.4) is 0 Å². The van der Waals surface area contributed by atoms with Gasteiger partial charge in [0.25, 0.3) is 0 Å². The number of amides is 2. The molecule has 2 aromatic rings. The summed E-state index contributed by atoms with van der Waals surface area (Å²) in [5, 5.41) is 5.89. The molecule has 0 radical (unpaired) electrons. The van der Waals surface area contributed by atoms with Crippen LogP contribution in [-0.4, -0.2) is 31.6 Å². The van der Waals surface area contributed by atoms with Gasteiger partial charge in [0.2, 0.25) is 11.8 Å². The number of carbonyl (C=O) groups is 2. The molecule has 0 saturated heterocycles. The Morgan fingerprint density at radius 2 is 1.69 bits per heavy atom. The minimum atomic E-state index is -0.140. The number of hydrogen-bond donors (Lipinski definition) is 2. The van der Waals surface area contributed by atoms with Crippen molar-refractivity contribution in [1.29, 1.82) is 0 Å². The molecule has 1 aliphatic heterocycles. The van der Waals surface area contributed by atoms with Crippen LogP contribution in [-0.2, 0) is 16.0 Å². The van der Waals surface area contributed by atoms with Crippen molar-refractivity contribution in [2.75, 3.05) is 19.8 Å². The molecule has 0 aromatic heterocycles. The summed E-state index contributed by atoms with van der Waals surface area (Å²) >= 11 is 0. The lowest BCUT2D eigenvalue weighted by molar-refractivity contribution is -0.122. The standard InChI is InChI=1S/C23H28N2O4/c1-16(2)23(18-8-9-19-20(15-18)29-13-12-28-19)25-21(26)10-11-24-22(27)14-17-6-4-3-5-7-17/h3-9,15-16,23H,10-14H2,1-2H3,(H,24,27)(H,25,26). The molecule has 29 heavy (non-hydrogen) atoms. The Kier molecular flexibility index (Phi) is 7.11. The van der Waals surface area contributed by atoms with E-state index in [2.05, 4.69) is 24.5 Å². The lowest BCUT2D eigenvalue weighted by Gasteiger charge is -2.25. The Hall–Kier alpha value is -3.02. The Morgan fingerprint density at radius 3 is 2.41 bits per heavy atom. The number of carbonyl (C=O) groups excluding carboxylic acids is 2. The number of rotatable bonds is 8. The minimum Gasteiger partial charge on any atom is -0.486 e. The molecule has 6 nitrogen and oxygen atoms in total. The third-order valence-electron chi connectivity index (χ3n) is 4.79. The van der Waals surface area contributed by atoms with Gasteiger partial charge in [-0.05, 0) is 29.2 Å². The molecule has 1 unspecified atom stereocenters. The maximum atomic E-state index is 12.4. The summed E-state index contributed by atoms with van der Waals surface area (Å²) in [6.45, 7) is 5.50. The second-order valence-electron chi connectivity index (χ2n) is 7.45. The summed E-state index contributed by atoms with van der Waals surface area (Å²) in [7, 11) is 0. The van der Waals surface area contributed by atoms with Gasteiger partial charge in [-0.25, -0.2) is 0 Å². The molecular formula is C23H28N2O4. The van der Waals surface area contributed by atoms with Gasteiger partial charge in [0, 0.05) is 13.0 Å². The number of nitrogens with one attached hydrogen (secondary N) is 2. The summed E-state index contributed by atoms with van der Waals surface area (Å²) in [5.74, 6) is 1.46. The van der Waals surface area contributed by atoms with Crippen LogP contribution >= 0.6 is 0 Å². The first-order chi connectivity index (χ1) is 14.0. The van der Waals surface area contributed by atoms with E-state index in [9.17, 15) is 9.59 Å². The molecule has 0 saturated carbocycles. The molecule has 0 fully saturated rings. The molecule has 0 aliphatic carbocycles. The average molecular weight is 396 g/mol. The number of ether oxygens (including phenoxy) is 2. The van der Waals surface area contributed by atoms with Crippen LogP contribution in [0.5, 0.6) is 11.5 Å². The van der Waals surface area contributed by atoms with E-state index in [1.807, 2.05) is 48.5 Å². The molecule has 154 valence electrons. The Labute approximate surface area is 171 Å². The maximum absolute atomic E-state index is 12.4. The van der Waals surface area contributed by atoms with E-state index in [-0.39, 0.29) is 30.2 Å². The van der Waals surface area contributed by atoms with Gasteiger partial charge in [-0.3, -0.25) is 9.59 Å². The van der Waals surface area contributed by atoms with Crippen molar-refractivity contribution < 1.29 is 19.1 Å². The summed E-state index contributed by atoms with van der Waals surface area (Å²) < 4.78 is 11.2. The topological polar surface area (TPSA) is 76.7 Å². The van der Waals surface area contributed by atoms with Gasteiger partial charge in [0.15, 0.2) is 11.5 Å². The predicted molar refractivity (Wildman–Crippen MR) is 111 cm³/mol. The highest BCUT2D eigenvalue weighted by Gasteiger charge is 2.21. The van der Waals surface area contributed by atoms with Crippen molar-refractivity contribution in [3.8, 4) is 11.5 Å². The summed E-state index contributed by atoms with van der Waals surface area (Å²) in [6, 6.07) is 15.2. The van der Waals surface area contributed by atoms with Crippen LogP contribution in [0.15, 0.2) is 48.5 Å². The molecule has 2 N–H and O–H groups in total. The monoisotopic (exact) mass is 396 g/mol. The Morgan fingerprint density at radius 1 is 0.966 bits per heavy atom. The van der Waals surface area contributed by atoms with E-state index in [4.69, 9.17) is 9.47 Å². The third kappa shape index (κ3) is 5.98. The zero-order valence-corrected chi connectivity index (χ0v) is 16.9. The lowest BCUT2D eigenvalue weighted by Crippen LogP contribution is -2.35. The van der Waals surface area contributed by atoms with Crippen LogP contribution in [0, 0.1) is 5.92 Å². The molecule has 1 heterocycles. The number of fused-ring (bicyclic) bond motifs is 1. The van der Waals surface area contributed by atoms with Crippen molar-refractivity contribution in [3.05, 3.63) is 59.7 Å². The highest BCUT2D eigenvalue weighted by atomic mass is 16.6. The SMILES string of the molecule is CC(C)C(NC(=O)CCNC(=O)Cc1ccccc1)c1ccc2c(c1)OCCO2. The predicted octanol–water partition coefficient (Wildman–Crippen LogP) is 3.02. The van der Waals surface area contributed by atoms with E-state index < -0.39 is 0 Å². The van der Waals surface area contributed by atoms with Gasteiger partial charge >= 0.3 is 0 Å². The fourth-order valence-electron chi connectivity index (χ4n) is 3.29. The summed E-state index contributed by atoms with van der Waals surface area (Å²) in [5.41, 5.74) is 1.93. The van der Waals surface area contributed by atoms with Gasteiger partial charge in [-0.1, -0.05) is 50.2 Å². The van der Waals surface area contributed by atoms with E-state index in [1.54, 1.807) is 0 Å². The zero-order chi connectivity index (χ0) is 20.6. The second kappa shape index (κ2) is 9.96. The minimum absolute atomic E-state index is 0.0868. The van der Waals surface area contributed by atoms with Crippen LogP contribution in [0.4, 0.5) is 0 Å². The van der Waals surface area contributed by atoms with Crippen molar-refractivity contribution in [2.45, 2.75) is 32.7 Å². The Bertz CT molecular complexity index is 836. The van der Waals surface area contributed by atoms with Crippen LogP contribution in [0.1, 0.15) is 37.4 Å². The quantitative estimate of drug-likeness (QED) is 0.719. The first-order valence-corrected chi connectivity index (χ1v) is 10.0. The van der Waals surface area contributed by atoms with Crippen molar-refractivity contribution >= 4 is 11.8 Å². The van der Waals surface area contributed by atoms with Gasteiger partial charge in [-0.2, -0.15) is 0 Å². The van der Waals surface area contributed by atoms with Crippen LogP contribution < -0.4 is 20.1 Å². The van der Waals surface area contributed by atoms with Gasteiger partial charge < -0.3 is 20.1 Å². The molecule has 6 heteroatoms. The smallest absolute Gasteiger partial charge is 0.224 e. The van der Waals surface area contributed by atoms with E-state index in [0.717, 1.165) is 16.9 Å². The van der Waals surface area contributed by atoms with Crippen LogP contribution in [0.2, 0.25) is 0 Å². The van der Waals surface area contributed by atoms with Crippen molar-refractivity contribution in [2.24, 2.45) is 5.92 Å². The molecule has 2 aromatic carbocycles. The molecule has 0 bridgehead atoms. The first-order valence-electron chi connectivity index (χ1n) is 10.0. The molecule has 1 aliphatic rings. The third-order valence-corrected chi connectivity index (χ3v) is 4.79. The molecule has 2 amide bonds. The largest absolute Gasteiger partial charge is 0.486 e. The van der Waals surface area contributed by atoms with Crippen LogP contribution in [0.25, 0.3) is 0 Å². The van der Waals surface area contributed by atoms with E-state index >= 15 is 0 Å². The number of hydrogen-bond acceptors (Lipinski definition) is 4. The second-order valence-corrected chi connectivity index (χ2v) is 7.45. The number of benzene rings is 2. The van der Waals surface area contributed by atoms with Crippen molar-refractivity contribution in [3.63, 3.8) is 0 Å². The zero-order valence-electron chi connectivity index (χ0n) is 16.9. The molecule has 0 spiro atoms. The highest BCUT2D eigenvalue weighted by molar-refractivity contribution is 5.80. The fraction of sp³-hybridized carbons (Fsp3) is 0.391. The van der Waals surface area contributed by atoms with Gasteiger partial charge in [0.05, 0.1) is 12.5 Å². The molecule has 3 rings (SSSR count). The van der Waals surface area contributed by atoms with Gasteiger partial charge in [-0.15, -0.1) is 0 Å². The Balaban J connectivity index is 1.50. The first kappa shape index (κ1) is 20.7.